The van der Waals surface area contributed by atoms with Crippen molar-refractivity contribution in [2.45, 2.75) is 13.3 Å². The number of hydrogen-bond donors (Lipinski definition) is 2. The minimum atomic E-state index is -0.183. The Hall–Kier alpha value is -0.810. The molecule has 0 spiro atoms. The number of aliphatic hydroxyl groups excluding tert-OH is 1. The molecule has 1 unspecified atom stereocenters. The molecule has 0 saturated carbocycles. The number of hydrogen-bond acceptors (Lipinski definition) is 3. The lowest BCUT2D eigenvalue weighted by molar-refractivity contribution is 0.0949. The predicted molar refractivity (Wildman–Crippen MR) is 85.0 cm³/mol. The van der Waals surface area contributed by atoms with Crippen LogP contribution in [0.15, 0.2) is 18.2 Å². The number of halogens is 2. The van der Waals surface area contributed by atoms with Crippen LogP contribution in [0.5, 0.6) is 0 Å². The van der Waals surface area contributed by atoms with Crippen LogP contribution < -0.4 is 5.32 Å². The molecule has 0 aliphatic heterocycles. The quantitative estimate of drug-likeness (QED) is 0.871. The van der Waals surface area contributed by atoms with Gasteiger partial charge in [-0.3, -0.25) is 4.79 Å². The number of fused-ring (bicyclic) bond motifs is 1. The first-order valence-electron chi connectivity index (χ1n) is 6.29. The van der Waals surface area contributed by atoms with Crippen molar-refractivity contribution in [2.24, 2.45) is 5.92 Å². The largest absolute Gasteiger partial charge is 0.396 e. The van der Waals surface area contributed by atoms with Gasteiger partial charge in [-0.15, -0.1) is 11.3 Å². The van der Waals surface area contributed by atoms with E-state index in [0.717, 1.165) is 10.1 Å². The van der Waals surface area contributed by atoms with E-state index in [1.807, 2.05) is 13.0 Å². The van der Waals surface area contributed by atoms with Crippen molar-refractivity contribution in [3.63, 3.8) is 0 Å². The molecule has 1 aromatic carbocycles. The average Bonchev–Trinajstić information content (AvgIpc) is 2.73. The summed E-state index contributed by atoms with van der Waals surface area (Å²) in [7, 11) is 0. The van der Waals surface area contributed by atoms with Gasteiger partial charge in [0.05, 0.1) is 5.02 Å². The molecule has 0 fully saturated rings. The summed E-state index contributed by atoms with van der Waals surface area (Å²) in [5, 5.41) is 13.6. The van der Waals surface area contributed by atoms with Gasteiger partial charge in [0.15, 0.2) is 0 Å². The Morgan fingerprint density at radius 1 is 1.45 bits per heavy atom. The molecule has 0 saturated heterocycles. The molecule has 0 bridgehead atoms. The zero-order valence-corrected chi connectivity index (χ0v) is 13.3. The fourth-order valence-electron chi connectivity index (χ4n) is 1.85. The van der Waals surface area contributed by atoms with Crippen LogP contribution in [0.25, 0.3) is 10.1 Å². The maximum absolute atomic E-state index is 12.1. The van der Waals surface area contributed by atoms with Crippen molar-refractivity contribution in [1.29, 1.82) is 0 Å². The lowest BCUT2D eigenvalue weighted by Gasteiger charge is -2.10. The van der Waals surface area contributed by atoms with E-state index in [0.29, 0.717) is 27.9 Å². The number of carbonyl (C=O) groups is 1. The fourth-order valence-corrected chi connectivity index (χ4v) is 3.56. The summed E-state index contributed by atoms with van der Waals surface area (Å²) in [6, 6.07) is 5.38. The normalized spacial score (nSPS) is 12.6. The highest BCUT2D eigenvalue weighted by atomic mass is 35.5. The minimum absolute atomic E-state index is 0.124. The smallest absolute Gasteiger partial charge is 0.262 e. The first-order chi connectivity index (χ1) is 9.52. The van der Waals surface area contributed by atoms with Gasteiger partial charge in [0.25, 0.3) is 5.91 Å². The van der Waals surface area contributed by atoms with Gasteiger partial charge >= 0.3 is 0 Å². The minimum Gasteiger partial charge on any atom is -0.396 e. The Kier molecular flexibility index (Phi) is 5.27. The number of aliphatic hydroxyl groups is 1. The third kappa shape index (κ3) is 3.44. The van der Waals surface area contributed by atoms with Crippen LogP contribution in [0.1, 0.15) is 23.0 Å². The highest BCUT2D eigenvalue weighted by Gasteiger charge is 2.17. The van der Waals surface area contributed by atoms with Crippen molar-refractivity contribution in [2.75, 3.05) is 13.2 Å². The molecule has 6 heteroatoms. The van der Waals surface area contributed by atoms with Gasteiger partial charge in [0, 0.05) is 28.3 Å². The Morgan fingerprint density at radius 3 is 2.90 bits per heavy atom. The number of nitrogens with one attached hydrogen (secondary N) is 1. The van der Waals surface area contributed by atoms with E-state index in [1.165, 1.54) is 11.3 Å². The summed E-state index contributed by atoms with van der Waals surface area (Å²) in [6.45, 7) is 2.62. The lowest BCUT2D eigenvalue weighted by Crippen LogP contribution is -2.28. The number of amides is 1. The van der Waals surface area contributed by atoms with Crippen LogP contribution >= 0.6 is 34.5 Å². The molecule has 1 aromatic heterocycles. The standard InChI is InChI=1S/C14H15Cl2NO2S/c1-8(4-5-18)7-17-14(19)13-12(16)10-3-2-9(15)6-11(10)20-13/h2-3,6,8,18H,4-5,7H2,1H3,(H,17,19). The molecule has 20 heavy (non-hydrogen) atoms. The van der Waals surface area contributed by atoms with Crippen molar-refractivity contribution < 1.29 is 9.90 Å². The maximum atomic E-state index is 12.1. The number of thiophene rings is 1. The molecule has 0 aliphatic rings. The lowest BCUT2D eigenvalue weighted by atomic mass is 10.1. The highest BCUT2D eigenvalue weighted by molar-refractivity contribution is 7.21. The van der Waals surface area contributed by atoms with Gasteiger partial charge in [-0.25, -0.2) is 0 Å². The molecule has 0 radical (unpaired) electrons. The highest BCUT2D eigenvalue weighted by Crippen LogP contribution is 2.36. The predicted octanol–water partition coefficient (Wildman–Crippen LogP) is 3.96. The molecular weight excluding hydrogens is 317 g/mol. The van der Waals surface area contributed by atoms with Gasteiger partial charge in [-0.2, -0.15) is 0 Å². The SMILES string of the molecule is CC(CCO)CNC(=O)c1sc2cc(Cl)ccc2c1Cl. The molecule has 1 atom stereocenters. The van der Waals surface area contributed by atoms with Crippen molar-refractivity contribution >= 4 is 50.5 Å². The summed E-state index contributed by atoms with van der Waals surface area (Å²) in [6.07, 6.45) is 0.663. The monoisotopic (exact) mass is 331 g/mol. The Bertz CT molecular complexity index is 627. The van der Waals surface area contributed by atoms with E-state index in [9.17, 15) is 4.79 Å². The van der Waals surface area contributed by atoms with Crippen molar-refractivity contribution in [3.05, 3.63) is 33.1 Å². The van der Waals surface area contributed by atoms with Crippen LogP contribution in [-0.4, -0.2) is 24.2 Å². The zero-order chi connectivity index (χ0) is 14.7. The Morgan fingerprint density at radius 2 is 2.20 bits per heavy atom. The topological polar surface area (TPSA) is 49.3 Å². The molecule has 1 heterocycles. The van der Waals surface area contributed by atoms with Crippen LogP contribution in [0.4, 0.5) is 0 Å². The average molecular weight is 332 g/mol. The summed E-state index contributed by atoms with van der Waals surface area (Å²) < 4.78 is 0.899. The van der Waals surface area contributed by atoms with Gasteiger partial charge in [-0.1, -0.05) is 36.2 Å². The molecule has 108 valence electrons. The van der Waals surface area contributed by atoms with E-state index in [-0.39, 0.29) is 18.4 Å². The second kappa shape index (κ2) is 6.76. The molecule has 3 nitrogen and oxygen atoms in total. The molecule has 2 rings (SSSR count). The van der Waals surface area contributed by atoms with E-state index in [4.69, 9.17) is 28.3 Å². The van der Waals surface area contributed by atoms with Gasteiger partial charge < -0.3 is 10.4 Å². The number of rotatable bonds is 5. The third-order valence-electron chi connectivity index (χ3n) is 3.03. The molecule has 2 aromatic rings. The van der Waals surface area contributed by atoms with E-state index >= 15 is 0 Å². The summed E-state index contributed by atoms with van der Waals surface area (Å²) in [5.74, 6) is 0.0451. The molecular formula is C14H15Cl2NO2S. The van der Waals surface area contributed by atoms with Crippen LogP contribution in [-0.2, 0) is 0 Å². The molecule has 2 N–H and O–H groups in total. The zero-order valence-electron chi connectivity index (χ0n) is 11.0. The first kappa shape index (κ1) is 15.6. The third-order valence-corrected chi connectivity index (χ3v) is 4.92. The van der Waals surface area contributed by atoms with Gasteiger partial charge in [-0.05, 0) is 24.5 Å². The molecule has 1 amide bonds. The molecule has 0 aliphatic carbocycles. The van der Waals surface area contributed by atoms with Crippen LogP contribution in [0.3, 0.4) is 0 Å². The maximum Gasteiger partial charge on any atom is 0.262 e. The second-order valence-electron chi connectivity index (χ2n) is 4.71. The number of carbonyl (C=O) groups excluding carboxylic acids is 1. The first-order valence-corrected chi connectivity index (χ1v) is 7.86. The summed E-state index contributed by atoms with van der Waals surface area (Å²) in [4.78, 5) is 12.6. The fraction of sp³-hybridized carbons (Fsp3) is 0.357. The summed E-state index contributed by atoms with van der Waals surface area (Å²) in [5.41, 5.74) is 0. The van der Waals surface area contributed by atoms with Crippen molar-refractivity contribution in [3.8, 4) is 0 Å². The Labute approximate surface area is 131 Å². The van der Waals surface area contributed by atoms with E-state index in [2.05, 4.69) is 5.32 Å². The number of benzene rings is 1. The van der Waals surface area contributed by atoms with Gasteiger partial charge in [0.1, 0.15) is 4.88 Å². The van der Waals surface area contributed by atoms with Gasteiger partial charge in [0.2, 0.25) is 0 Å². The van der Waals surface area contributed by atoms with Crippen molar-refractivity contribution in [1.82, 2.24) is 5.32 Å². The second-order valence-corrected chi connectivity index (χ2v) is 6.58. The van der Waals surface area contributed by atoms with Crippen LogP contribution in [0, 0.1) is 5.92 Å². The Balaban J connectivity index is 2.16. The van der Waals surface area contributed by atoms with E-state index in [1.54, 1.807) is 12.1 Å². The summed E-state index contributed by atoms with van der Waals surface area (Å²) >= 11 is 13.5. The van der Waals surface area contributed by atoms with E-state index < -0.39 is 0 Å². The van der Waals surface area contributed by atoms with Crippen LogP contribution in [0.2, 0.25) is 10.0 Å².